The number of sulfonamides is 2. The van der Waals surface area contributed by atoms with Crippen molar-refractivity contribution in [3.8, 4) is 16.9 Å². The Morgan fingerprint density at radius 2 is 1.57 bits per heavy atom. The number of rotatable bonds is 12. The van der Waals surface area contributed by atoms with E-state index in [4.69, 9.17) is 31.4 Å². The van der Waals surface area contributed by atoms with Crippen LogP contribution in [0.15, 0.2) is 125 Å². The summed E-state index contributed by atoms with van der Waals surface area (Å²) in [5.74, 6) is -2.95. The quantitative estimate of drug-likeness (QED) is 0.0997. The Morgan fingerprint density at radius 3 is 2.26 bits per heavy atom. The van der Waals surface area contributed by atoms with Crippen molar-refractivity contribution >= 4 is 54.9 Å². The summed E-state index contributed by atoms with van der Waals surface area (Å²) in [4.78, 5) is 26.4. The SMILES string of the molecule is NS(=O)(=O)c1ccc(NCCOc2ccccc2)c(S(=O)(=O)NC(=O)c2ccc3c(c2)CC[C@H]2CN(Cc4ccccc4-c4ccc(Cl)cc4)CCN32)c1.O=C(O)C(F)(F)F. The first-order chi connectivity index (χ1) is 28.9. The Hall–Kier alpha value is -5.66. The summed E-state index contributed by atoms with van der Waals surface area (Å²) in [6.07, 6.45) is -3.47. The number of piperazine rings is 1. The summed E-state index contributed by atoms with van der Waals surface area (Å²) in [6.45, 7) is 3.77. The number of alkyl halides is 3. The van der Waals surface area contributed by atoms with Crippen LogP contribution >= 0.6 is 11.6 Å². The Bertz CT molecular complexity index is 2600. The molecule has 1 amide bonds. The van der Waals surface area contributed by atoms with Crippen LogP contribution in [0.5, 0.6) is 5.75 Å². The number of aryl methyl sites for hydroxylation is 1. The number of hydrogen-bond acceptors (Lipinski definition) is 10. The van der Waals surface area contributed by atoms with E-state index in [0.717, 1.165) is 61.9 Å². The lowest BCUT2D eigenvalue weighted by molar-refractivity contribution is -0.192. The van der Waals surface area contributed by atoms with E-state index in [1.54, 1.807) is 24.3 Å². The third kappa shape index (κ3) is 11.6. The molecule has 7 rings (SSSR count). The standard InChI is InChI=1S/C40H40ClN5O6S2.C2HF3O2/c41-32-14-10-28(11-15-32)36-9-5-4-6-31(36)26-45-21-22-46-33(27-45)16-12-29-24-30(13-19-38(29)46)40(47)44-54(50,51)39-25-35(53(42,48)49)17-18-37(39)43-20-23-52-34-7-2-1-3-8-34;3-2(4,5)1(6)7/h1-11,13-15,17-19,24-25,33,43H,12,16,20-23,26-27H2,(H,44,47)(H2,42,48,49);(H,6,7)/t33-;/m0./s1. The van der Waals surface area contributed by atoms with E-state index in [-0.39, 0.29) is 24.4 Å². The molecule has 2 heterocycles. The molecule has 5 aromatic carbocycles. The number of halogens is 4. The van der Waals surface area contributed by atoms with Gasteiger partial charge in [-0.3, -0.25) is 9.69 Å². The lowest BCUT2D eigenvalue weighted by atomic mass is 9.92. The van der Waals surface area contributed by atoms with Gasteiger partial charge in [0.15, 0.2) is 0 Å². The van der Waals surface area contributed by atoms with E-state index < -0.39 is 47.9 Å². The van der Waals surface area contributed by atoms with Crippen LogP contribution in [0.1, 0.15) is 27.9 Å². The summed E-state index contributed by atoms with van der Waals surface area (Å²) < 4.78 is 91.2. The van der Waals surface area contributed by atoms with Crippen molar-refractivity contribution < 1.29 is 49.4 Å². The molecule has 0 aromatic heterocycles. The number of fused-ring (bicyclic) bond motifs is 3. The molecular weight excluding hydrogens is 859 g/mol. The van der Waals surface area contributed by atoms with E-state index >= 15 is 0 Å². The van der Waals surface area contributed by atoms with Crippen molar-refractivity contribution in [1.82, 2.24) is 9.62 Å². The van der Waals surface area contributed by atoms with Gasteiger partial charge in [-0.25, -0.2) is 31.5 Å². The molecule has 5 N–H and O–H groups in total. The van der Waals surface area contributed by atoms with Crippen LogP contribution in [0.4, 0.5) is 24.5 Å². The summed E-state index contributed by atoms with van der Waals surface area (Å²) >= 11 is 6.14. The summed E-state index contributed by atoms with van der Waals surface area (Å²) in [6, 6.07) is 34.4. The third-order valence-electron chi connectivity index (χ3n) is 10.0. The van der Waals surface area contributed by atoms with Crippen molar-refractivity contribution in [3.63, 3.8) is 0 Å². The molecule has 0 aliphatic carbocycles. The van der Waals surface area contributed by atoms with Crippen molar-refractivity contribution in [2.45, 2.75) is 41.4 Å². The van der Waals surface area contributed by atoms with Crippen molar-refractivity contribution in [2.75, 3.05) is 43.0 Å². The lowest BCUT2D eigenvalue weighted by Gasteiger charge is -2.46. The van der Waals surface area contributed by atoms with Crippen LogP contribution in [0, 0.1) is 0 Å². The molecule has 0 unspecified atom stereocenters. The molecule has 13 nitrogen and oxygen atoms in total. The first kappa shape index (κ1) is 44.9. The van der Waals surface area contributed by atoms with Crippen molar-refractivity contribution in [3.05, 3.63) is 137 Å². The number of aliphatic carboxylic acids is 1. The molecule has 0 spiro atoms. The first-order valence-corrected chi connectivity index (χ1v) is 22.2. The molecule has 2 aliphatic rings. The predicted octanol–water partition coefficient (Wildman–Crippen LogP) is 6.53. The number of benzene rings is 5. The minimum Gasteiger partial charge on any atom is -0.492 e. The number of carbonyl (C=O) groups is 2. The average Bonchev–Trinajstić information content (AvgIpc) is 3.22. The summed E-state index contributed by atoms with van der Waals surface area (Å²) in [5, 5.41) is 16.1. The van der Waals surface area contributed by atoms with Gasteiger partial charge in [-0.15, -0.1) is 0 Å². The normalized spacial score (nSPS) is 15.4. The summed E-state index contributed by atoms with van der Waals surface area (Å²) in [7, 11) is -8.79. The van der Waals surface area contributed by atoms with E-state index in [1.165, 1.54) is 23.3 Å². The minimum atomic E-state index is -5.08. The van der Waals surface area contributed by atoms with Gasteiger partial charge in [0, 0.05) is 55.0 Å². The molecule has 0 bridgehead atoms. The fourth-order valence-electron chi connectivity index (χ4n) is 7.12. The number of carbonyl (C=O) groups excluding carboxylic acids is 1. The maximum absolute atomic E-state index is 13.7. The zero-order valence-electron chi connectivity index (χ0n) is 32.3. The summed E-state index contributed by atoms with van der Waals surface area (Å²) in [5.41, 5.74) is 5.85. The molecule has 19 heteroatoms. The lowest BCUT2D eigenvalue weighted by Crippen LogP contribution is -2.54. The van der Waals surface area contributed by atoms with E-state index in [2.05, 4.69) is 44.1 Å². The number of primary sulfonamides is 1. The van der Waals surface area contributed by atoms with E-state index in [1.807, 2.05) is 48.5 Å². The second kappa shape index (κ2) is 18.9. The number of carboxylic acid groups (broad SMARTS) is 1. The molecule has 61 heavy (non-hydrogen) atoms. The van der Waals surface area contributed by atoms with Crippen LogP contribution in [-0.4, -0.2) is 83.7 Å². The zero-order valence-corrected chi connectivity index (χ0v) is 34.7. The van der Waals surface area contributed by atoms with Gasteiger partial charge in [-0.05, 0) is 95.8 Å². The van der Waals surface area contributed by atoms with Crippen LogP contribution in [0.2, 0.25) is 5.02 Å². The van der Waals surface area contributed by atoms with Gasteiger partial charge in [-0.2, -0.15) is 13.2 Å². The van der Waals surface area contributed by atoms with Crippen molar-refractivity contribution in [1.29, 1.82) is 0 Å². The Balaban J connectivity index is 0.000000819. The molecule has 1 atom stereocenters. The van der Waals surface area contributed by atoms with E-state index in [0.29, 0.717) is 16.8 Å². The highest BCUT2D eigenvalue weighted by atomic mass is 35.5. The topological polar surface area (TPSA) is 188 Å². The molecule has 2 aliphatic heterocycles. The fourth-order valence-corrected chi connectivity index (χ4v) is 9.05. The van der Waals surface area contributed by atoms with Crippen molar-refractivity contribution in [2.24, 2.45) is 5.14 Å². The van der Waals surface area contributed by atoms with Gasteiger partial charge in [-0.1, -0.05) is 66.2 Å². The van der Waals surface area contributed by atoms with Crippen LogP contribution in [0.25, 0.3) is 11.1 Å². The van der Waals surface area contributed by atoms with Gasteiger partial charge in [0.2, 0.25) is 10.0 Å². The van der Waals surface area contributed by atoms with Gasteiger partial charge in [0.25, 0.3) is 15.9 Å². The van der Waals surface area contributed by atoms with E-state index in [9.17, 15) is 34.8 Å². The van der Waals surface area contributed by atoms with Crippen LogP contribution in [0.3, 0.4) is 0 Å². The molecule has 5 aromatic rings. The molecule has 0 saturated carbocycles. The maximum Gasteiger partial charge on any atom is 0.490 e. The smallest absolute Gasteiger partial charge is 0.490 e. The number of nitrogens with zero attached hydrogens (tertiary/aromatic N) is 2. The number of anilines is 2. The highest BCUT2D eigenvalue weighted by Gasteiger charge is 2.38. The van der Waals surface area contributed by atoms with Crippen LogP contribution < -0.4 is 24.8 Å². The highest BCUT2D eigenvalue weighted by Crippen LogP contribution is 2.35. The number of para-hydroxylation sites is 1. The van der Waals surface area contributed by atoms with Gasteiger partial charge in [0.1, 0.15) is 17.3 Å². The fraction of sp³-hybridized carbons (Fsp3) is 0.238. The number of nitrogens with two attached hydrogens (primary N) is 1. The Morgan fingerprint density at radius 1 is 0.885 bits per heavy atom. The third-order valence-corrected chi connectivity index (χ3v) is 12.5. The maximum atomic E-state index is 13.7. The second-order valence-corrected chi connectivity index (χ2v) is 17.8. The average molecular weight is 900 g/mol. The minimum absolute atomic E-state index is 0.0865. The molecular formula is C42H41ClF3N5O8S2. The number of carboxylic acids is 1. The first-order valence-electron chi connectivity index (χ1n) is 18.8. The largest absolute Gasteiger partial charge is 0.492 e. The molecule has 1 saturated heterocycles. The highest BCUT2D eigenvalue weighted by molar-refractivity contribution is 7.90. The molecule has 1 fully saturated rings. The molecule has 0 radical (unpaired) electrons. The number of nitrogens with one attached hydrogen (secondary N) is 2. The Kier molecular flexibility index (Phi) is 13.9. The number of ether oxygens (including phenoxy) is 1. The number of hydrogen-bond donors (Lipinski definition) is 4. The number of amides is 1. The van der Waals surface area contributed by atoms with Gasteiger partial charge < -0.3 is 20.1 Å². The zero-order chi connectivity index (χ0) is 44.0. The predicted molar refractivity (Wildman–Crippen MR) is 225 cm³/mol. The Labute approximate surface area is 356 Å². The molecule has 322 valence electrons. The van der Waals surface area contributed by atoms with Crippen LogP contribution in [-0.2, 0) is 37.8 Å². The second-order valence-electron chi connectivity index (χ2n) is 14.2. The monoisotopic (exact) mass is 899 g/mol. The van der Waals surface area contributed by atoms with Gasteiger partial charge in [0.05, 0.1) is 10.6 Å². The van der Waals surface area contributed by atoms with Gasteiger partial charge >= 0.3 is 12.1 Å².